The molecule has 5 nitrogen and oxygen atoms in total. The van der Waals surface area contributed by atoms with Crippen LogP contribution in [0.1, 0.15) is 29.2 Å². The molecular weight excluding hydrogens is 400 g/mol. The lowest BCUT2D eigenvalue weighted by atomic mass is 9.97. The molecule has 0 spiro atoms. The van der Waals surface area contributed by atoms with Crippen molar-refractivity contribution in [1.29, 1.82) is 0 Å². The smallest absolute Gasteiger partial charge is 0.225 e. The minimum absolute atomic E-state index is 0.0142. The highest BCUT2D eigenvalue weighted by Gasteiger charge is 2.35. The van der Waals surface area contributed by atoms with Crippen molar-refractivity contribution in [1.82, 2.24) is 10.2 Å². The number of rotatable bonds is 8. The second-order valence-corrected chi connectivity index (χ2v) is 8.18. The number of amides is 2. The Morgan fingerprint density at radius 1 is 0.969 bits per heavy atom. The van der Waals surface area contributed by atoms with Crippen LogP contribution in [0.2, 0.25) is 0 Å². The summed E-state index contributed by atoms with van der Waals surface area (Å²) >= 11 is 0. The van der Waals surface area contributed by atoms with Crippen LogP contribution < -0.4 is 10.1 Å². The van der Waals surface area contributed by atoms with Crippen molar-refractivity contribution in [2.75, 3.05) is 13.7 Å². The summed E-state index contributed by atoms with van der Waals surface area (Å²) < 4.78 is 5.19. The van der Waals surface area contributed by atoms with Crippen LogP contribution in [0, 0.1) is 5.92 Å². The zero-order chi connectivity index (χ0) is 22.3. The van der Waals surface area contributed by atoms with Crippen molar-refractivity contribution in [2.24, 2.45) is 5.92 Å². The molecule has 1 N–H and O–H groups in total. The highest BCUT2D eigenvalue weighted by Crippen LogP contribution is 2.24. The molecule has 0 aliphatic carbocycles. The van der Waals surface area contributed by atoms with Crippen molar-refractivity contribution < 1.29 is 14.3 Å². The molecule has 1 heterocycles. The monoisotopic (exact) mass is 428 g/mol. The molecule has 3 aromatic rings. The lowest BCUT2D eigenvalue weighted by Crippen LogP contribution is -2.36. The lowest BCUT2D eigenvalue weighted by molar-refractivity contribution is -0.129. The standard InChI is InChI=1S/C27H28N2O3/c1-32-24-14-12-21(13-15-24)18-29-19-23(17-26(29)30)27(31)28-25(22-10-6-3-7-11-22)16-20-8-4-2-5-9-20/h2-15,23,25H,16-19H2,1H3,(H,28,31)/t23-,25-/m0/s1. The number of likely N-dealkylation sites (tertiary alicyclic amines) is 1. The predicted octanol–water partition coefficient (Wildman–Crippen LogP) is 4.14. The number of carbonyl (C=O) groups is 2. The molecule has 164 valence electrons. The van der Waals surface area contributed by atoms with Gasteiger partial charge >= 0.3 is 0 Å². The quantitative estimate of drug-likeness (QED) is 0.587. The molecule has 0 radical (unpaired) electrons. The first-order valence-electron chi connectivity index (χ1n) is 10.9. The zero-order valence-electron chi connectivity index (χ0n) is 18.2. The number of hydrogen-bond acceptors (Lipinski definition) is 3. The number of nitrogens with one attached hydrogen (secondary N) is 1. The predicted molar refractivity (Wildman–Crippen MR) is 124 cm³/mol. The molecular formula is C27H28N2O3. The fraction of sp³-hybridized carbons (Fsp3) is 0.259. The van der Waals surface area contributed by atoms with Gasteiger partial charge in [0.05, 0.1) is 19.1 Å². The van der Waals surface area contributed by atoms with E-state index in [2.05, 4.69) is 17.4 Å². The van der Waals surface area contributed by atoms with Gasteiger partial charge in [0.2, 0.25) is 11.8 Å². The molecule has 2 amide bonds. The molecule has 5 heteroatoms. The van der Waals surface area contributed by atoms with Crippen LogP contribution in [0.5, 0.6) is 5.75 Å². The third-order valence-corrected chi connectivity index (χ3v) is 5.92. The first-order valence-corrected chi connectivity index (χ1v) is 10.9. The van der Waals surface area contributed by atoms with Crippen LogP contribution in [-0.2, 0) is 22.6 Å². The van der Waals surface area contributed by atoms with Crippen LogP contribution in [0.4, 0.5) is 0 Å². The summed E-state index contributed by atoms with van der Waals surface area (Å²) in [6.07, 6.45) is 0.946. The zero-order valence-corrected chi connectivity index (χ0v) is 18.2. The van der Waals surface area contributed by atoms with E-state index in [4.69, 9.17) is 4.74 Å². The minimum Gasteiger partial charge on any atom is -0.497 e. The van der Waals surface area contributed by atoms with E-state index in [-0.39, 0.29) is 30.2 Å². The highest BCUT2D eigenvalue weighted by atomic mass is 16.5. The molecule has 3 aromatic carbocycles. The Labute approximate surface area is 189 Å². The Kier molecular flexibility index (Phi) is 6.85. The molecule has 4 rings (SSSR count). The molecule has 1 aliphatic heterocycles. The van der Waals surface area contributed by atoms with E-state index in [9.17, 15) is 9.59 Å². The molecule has 32 heavy (non-hydrogen) atoms. The molecule has 0 unspecified atom stereocenters. The third-order valence-electron chi connectivity index (χ3n) is 5.92. The maximum Gasteiger partial charge on any atom is 0.225 e. The number of hydrogen-bond donors (Lipinski definition) is 1. The minimum atomic E-state index is -0.345. The van der Waals surface area contributed by atoms with Gasteiger partial charge in [-0.15, -0.1) is 0 Å². The van der Waals surface area contributed by atoms with Crippen LogP contribution in [0.3, 0.4) is 0 Å². The third kappa shape index (κ3) is 5.35. The summed E-state index contributed by atoms with van der Waals surface area (Å²) in [5, 5.41) is 3.21. The first-order chi connectivity index (χ1) is 15.6. The van der Waals surface area contributed by atoms with Crippen LogP contribution >= 0.6 is 0 Å². The normalized spacial score (nSPS) is 16.6. The summed E-state index contributed by atoms with van der Waals surface area (Å²) in [5.74, 6) is 0.382. The van der Waals surface area contributed by atoms with E-state index in [1.807, 2.05) is 72.8 Å². The van der Waals surface area contributed by atoms with E-state index >= 15 is 0 Å². The summed E-state index contributed by atoms with van der Waals surface area (Å²) in [7, 11) is 1.63. The first kappa shape index (κ1) is 21.6. The topological polar surface area (TPSA) is 58.6 Å². The number of nitrogens with zero attached hydrogens (tertiary/aromatic N) is 1. The van der Waals surface area contributed by atoms with Gasteiger partial charge in [-0.1, -0.05) is 72.8 Å². The molecule has 1 saturated heterocycles. The van der Waals surface area contributed by atoms with E-state index in [0.717, 1.165) is 22.4 Å². The van der Waals surface area contributed by atoms with Gasteiger partial charge in [-0.3, -0.25) is 9.59 Å². The SMILES string of the molecule is COc1ccc(CN2C[C@@H](C(=O)N[C@@H](Cc3ccccc3)c3ccccc3)CC2=O)cc1. The Morgan fingerprint density at radius 3 is 2.28 bits per heavy atom. The van der Waals surface area contributed by atoms with Gasteiger partial charge in [-0.05, 0) is 35.2 Å². The van der Waals surface area contributed by atoms with E-state index < -0.39 is 0 Å². The maximum absolute atomic E-state index is 13.1. The average molecular weight is 429 g/mol. The van der Waals surface area contributed by atoms with Gasteiger partial charge < -0.3 is 15.0 Å². The average Bonchev–Trinajstić information content (AvgIpc) is 3.20. The van der Waals surface area contributed by atoms with Crippen molar-refractivity contribution in [2.45, 2.75) is 25.4 Å². The van der Waals surface area contributed by atoms with Gasteiger partial charge in [-0.2, -0.15) is 0 Å². The molecule has 1 aliphatic rings. The molecule has 1 fully saturated rings. The number of methoxy groups -OCH3 is 1. The largest absolute Gasteiger partial charge is 0.497 e. The second kappa shape index (κ2) is 10.1. The van der Waals surface area contributed by atoms with Crippen molar-refractivity contribution in [3.8, 4) is 5.75 Å². The highest BCUT2D eigenvalue weighted by molar-refractivity contribution is 5.89. The summed E-state index contributed by atoms with van der Waals surface area (Å²) in [6.45, 7) is 0.933. The summed E-state index contributed by atoms with van der Waals surface area (Å²) in [4.78, 5) is 27.5. The molecule has 0 aromatic heterocycles. The second-order valence-electron chi connectivity index (χ2n) is 8.18. The molecule has 2 atom stereocenters. The summed E-state index contributed by atoms with van der Waals surface area (Å²) in [5.41, 5.74) is 3.24. The maximum atomic E-state index is 13.1. The number of carbonyl (C=O) groups excluding carboxylic acids is 2. The lowest BCUT2D eigenvalue weighted by Gasteiger charge is -2.22. The van der Waals surface area contributed by atoms with Gasteiger partial charge in [0.25, 0.3) is 0 Å². The Morgan fingerprint density at radius 2 is 1.62 bits per heavy atom. The van der Waals surface area contributed by atoms with Gasteiger partial charge in [0.1, 0.15) is 5.75 Å². The van der Waals surface area contributed by atoms with E-state index in [1.54, 1.807) is 12.0 Å². The van der Waals surface area contributed by atoms with Gasteiger partial charge in [0.15, 0.2) is 0 Å². The molecule has 0 saturated carbocycles. The Balaban J connectivity index is 1.42. The molecule has 0 bridgehead atoms. The van der Waals surface area contributed by atoms with Crippen molar-refractivity contribution in [3.63, 3.8) is 0 Å². The Hall–Kier alpha value is -3.60. The Bertz CT molecular complexity index is 1040. The van der Waals surface area contributed by atoms with Crippen LogP contribution in [0.15, 0.2) is 84.9 Å². The fourth-order valence-corrected chi connectivity index (χ4v) is 4.13. The van der Waals surface area contributed by atoms with Crippen molar-refractivity contribution >= 4 is 11.8 Å². The number of ether oxygens (including phenoxy) is 1. The van der Waals surface area contributed by atoms with Crippen LogP contribution in [-0.4, -0.2) is 30.4 Å². The van der Waals surface area contributed by atoms with E-state index in [0.29, 0.717) is 19.5 Å². The van der Waals surface area contributed by atoms with Crippen molar-refractivity contribution in [3.05, 3.63) is 102 Å². The fourth-order valence-electron chi connectivity index (χ4n) is 4.13. The van der Waals surface area contributed by atoms with E-state index in [1.165, 1.54) is 0 Å². The summed E-state index contributed by atoms with van der Waals surface area (Å²) in [6, 6.07) is 27.7. The van der Waals surface area contributed by atoms with Gasteiger partial charge in [0, 0.05) is 19.5 Å². The number of benzene rings is 3. The van der Waals surface area contributed by atoms with Crippen LogP contribution in [0.25, 0.3) is 0 Å². The van der Waals surface area contributed by atoms with Gasteiger partial charge in [-0.25, -0.2) is 0 Å².